The highest BCUT2D eigenvalue weighted by Gasteiger charge is 2.52. The van der Waals surface area contributed by atoms with Crippen molar-refractivity contribution < 1.29 is 0 Å². The van der Waals surface area contributed by atoms with E-state index >= 15 is 0 Å². The maximum absolute atomic E-state index is 4.56. The Hall–Kier alpha value is -0.830. The zero-order valence-electron chi connectivity index (χ0n) is 11.2. The molecule has 0 radical (unpaired) electrons. The summed E-state index contributed by atoms with van der Waals surface area (Å²) in [4.78, 5) is 4.56. The van der Waals surface area contributed by atoms with Gasteiger partial charge in [-0.3, -0.25) is 0 Å². The lowest BCUT2D eigenvalue weighted by molar-refractivity contribution is -0.0445. The van der Waals surface area contributed by atoms with E-state index in [1.165, 1.54) is 44.3 Å². The molecule has 0 aromatic carbocycles. The second-order valence-electron chi connectivity index (χ2n) is 6.89. The molecule has 4 fully saturated rings. The summed E-state index contributed by atoms with van der Waals surface area (Å²) in [5.41, 5.74) is 0.428. The maximum Gasteiger partial charge on any atom is 0.123 e. The minimum atomic E-state index is 0.428. The van der Waals surface area contributed by atoms with Crippen LogP contribution in [0.15, 0.2) is 12.4 Å². The van der Waals surface area contributed by atoms with Gasteiger partial charge in [0.1, 0.15) is 5.82 Å². The molecule has 4 bridgehead atoms. The van der Waals surface area contributed by atoms with Gasteiger partial charge in [0, 0.05) is 17.9 Å². The molecule has 0 spiro atoms. The van der Waals surface area contributed by atoms with Crippen molar-refractivity contribution in [1.82, 2.24) is 14.9 Å². The summed E-state index contributed by atoms with van der Waals surface area (Å²) in [5, 5.41) is 3.26. The van der Waals surface area contributed by atoms with Crippen LogP contribution in [0, 0.1) is 17.8 Å². The summed E-state index contributed by atoms with van der Waals surface area (Å²) < 4.78 is 2.54. The monoisotopic (exact) mass is 245 g/mol. The highest BCUT2D eigenvalue weighted by Crippen LogP contribution is 2.58. The number of nitrogens with zero attached hydrogens (tertiary/aromatic N) is 2. The van der Waals surface area contributed by atoms with E-state index in [0.29, 0.717) is 5.54 Å². The van der Waals surface area contributed by atoms with Crippen LogP contribution in [-0.4, -0.2) is 16.6 Å². The Morgan fingerprint density at radius 2 is 1.83 bits per heavy atom. The Balaban J connectivity index is 1.72. The molecule has 3 heteroatoms. The van der Waals surface area contributed by atoms with Gasteiger partial charge in [-0.05, 0) is 63.3 Å². The van der Waals surface area contributed by atoms with E-state index in [1.807, 2.05) is 13.2 Å². The first-order valence-electron chi connectivity index (χ1n) is 7.46. The van der Waals surface area contributed by atoms with Crippen molar-refractivity contribution in [3.05, 3.63) is 18.2 Å². The number of nitrogens with one attached hydrogen (secondary N) is 1. The Labute approximate surface area is 109 Å². The molecule has 1 aromatic heterocycles. The largest absolute Gasteiger partial charge is 0.328 e. The lowest BCUT2D eigenvalue weighted by atomic mass is 9.53. The molecule has 0 unspecified atom stereocenters. The van der Waals surface area contributed by atoms with Gasteiger partial charge in [0.15, 0.2) is 0 Å². The molecule has 0 atom stereocenters. The van der Waals surface area contributed by atoms with E-state index in [1.54, 1.807) is 0 Å². The summed E-state index contributed by atoms with van der Waals surface area (Å²) >= 11 is 0. The highest BCUT2D eigenvalue weighted by atomic mass is 15.2. The normalized spacial score (nSPS) is 41.5. The number of aromatic nitrogens is 2. The third-order valence-electron chi connectivity index (χ3n) is 5.57. The van der Waals surface area contributed by atoms with E-state index in [4.69, 9.17) is 0 Å². The van der Waals surface area contributed by atoms with Crippen LogP contribution in [0.5, 0.6) is 0 Å². The third kappa shape index (κ3) is 1.49. The molecular weight excluding hydrogens is 222 g/mol. The van der Waals surface area contributed by atoms with Gasteiger partial charge in [-0.1, -0.05) is 0 Å². The number of imidazole rings is 1. The molecule has 0 aliphatic heterocycles. The Morgan fingerprint density at radius 1 is 1.22 bits per heavy atom. The van der Waals surface area contributed by atoms with Gasteiger partial charge in [-0.2, -0.15) is 0 Å². The smallest absolute Gasteiger partial charge is 0.123 e. The minimum absolute atomic E-state index is 0.428. The first-order valence-corrected chi connectivity index (χ1v) is 7.46. The number of hydrogen-bond acceptors (Lipinski definition) is 2. The van der Waals surface area contributed by atoms with E-state index in [-0.39, 0.29) is 0 Å². The molecule has 1 heterocycles. The summed E-state index contributed by atoms with van der Waals surface area (Å²) in [6.07, 6.45) is 13.0. The lowest BCUT2D eigenvalue weighted by Crippen LogP contribution is -2.52. The maximum atomic E-state index is 4.56. The van der Waals surface area contributed by atoms with Crippen LogP contribution >= 0.6 is 0 Å². The van der Waals surface area contributed by atoms with Crippen molar-refractivity contribution in [3.63, 3.8) is 0 Å². The zero-order valence-corrected chi connectivity index (χ0v) is 11.2. The first kappa shape index (κ1) is 11.0. The fourth-order valence-electron chi connectivity index (χ4n) is 5.42. The van der Waals surface area contributed by atoms with Crippen LogP contribution in [0.4, 0.5) is 0 Å². The first-order chi connectivity index (χ1) is 8.79. The van der Waals surface area contributed by atoms with E-state index in [9.17, 15) is 0 Å². The fourth-order valence-corrected chi connectivity index (χ4v) is 5.42. The van der Waals surface area contributed by atoms with Crippen molar-refractivity contribution in [3.8, 4) is 0 Å². The molecule has 1 aromatic rings. The summed E-state index contributed by atoms with van der Waals surface area (Å²) in [6, 6.07) is 0. The summed E-state index contributed by atoms with van der Waals surface area (Å²) in [6.45, 7) is 0.898. The Kier molecular flexibility index (Phi) is 2.35. The van der Waals surface area contributed by atoms with Gasteiger partial charge in [0.2, 0.25) is 0 Å². The van der Waals surface area contributed by atoms with Gasteiger partial charge >= 0.3 is 0 Å². The molecule has 98 valence electrons. The molecule has 5 rings (SSSR count). The van der Waals surface area contributed by atoms with E-state index in [0.717, 1.165) is 24.3 Å². The fraction of sp³-hybridized carbons (Fsp3) is 0.800. The molecule has 4 aliphatic rings. The molecule has 0 amide bonds. The third-order valence-corrected chi connectivity index (χ3v) is 5.57. The molecular formula is C15H23N3. The van der Waals surface area contributed by atoms with Gasteiger partial charge in [0.05, 0.1) is 6.54 Å². The van der Waals surface area contributed by atoms with Crippen molar-refractivity contribution in [2.75, 3.05) is 7.05 Å². The predicted octanol–water partition coefficient (Wildman–Crippen LogP) is 2.53. The summed E-state index contributed by atoms with van der Waals surface area (Å²) in [7, 11) is 2.01. The molecule has 4 aliphatic carbocycles. The number of hydrogen-bond donors (Lipinski definition) is 1. The molecule has 18 heavy (non-hydrogen) atoms. The summed E-state index contributed by atoms with van der Waals surface area (Å²) in [5.74, 6) is 4.24. The zero-order chi connectivity index (χ0) is 12.2. The second kappa shape index (κ2) is 3.83. The minimum Gasteiger partial charge on any atom is -0.328 e. The van der Waals surface area contributed by atoms with Crippen LogP contribution in [0.1, 0.15) is 44.3 Å². The molecule has 1 N–H and O–H groups in total. The van der Waals surface area contributed by atoms with Gasteiger partial charge < -0.3 is 9.88 Å². The van der Waals surface area contributed by atoms with Crippen LogP contribution in [-0.2, 0) is 12.1 Å². The SMILES string of the molecule is CNCc1nccn1C12CC3CC(CC(C3)C1)C2. The van der Waals surface area contributed by atoms with Crippen molar-refractivity contribution in [2.24, 2.45) is 17.8 Å². The number of rotatable bonds is 3. The van der Waals surface area contributed by atoms with Crippen LogP contribution < -0.4 is 5.32 Å². The van der Waals surface area contributed by atoms with Gasteiger partial charge in [-0.25, -0.2) is 4.98 Å². The van der Waals surface area contributed by atoms with Crippen LogP contribution in [0.2, 0.25) is 0 Å². The van der Waals surface area contributed by atoms with E-state index < -0.39 is 0 Å². The second-order valence-corrected chi connectivity index (χ2v) is 6.89. The molecule has 4 saturated carbocycles. The highest BCUT2D eigenvalue weighted by molar-refractivity contribution is 5.09. The molecule has 0 saturated heterocycles. The standard InChI is InChI=1S/C15H23N3/c1-16-10-14-17-2-3-18(14)15-7-11-4-12(8-15)6-13(5-11)9-15/h2-3,11-13,16H,4-10H2,1H3. The van der Waals surface area contributed by atoms with Gasteiger partial charge in [0.25, 0.3) is 0 Å². The van der Waals surface area contributed by atoms with E-state index in [2.05, 4.69) is 21.1 Å². The van der Waals surface area contributed by atoms with Gasteiger partial charge in [-0.15, -0.1) is 0 Å². The topological polar surface area (TPSA) is 29.9 Å². The average molecular weight is 245 g/mol. The van der Waals surface area contributed by atoms with Crippen LogP contribution in [0.3, 0.4) is 0 Å². The van der Waals surface area contributed by atoms with Crippen molar-refractivity contribution >= 4 is 0 Å². The average Bonchev–Trinajstić information content (AvgIpc) is 2.76. The van der Waals surface area contributed by atoms with Crippen molar-refractivity contribution in [1.29, 1.82) is 0 Å². The Bertz CT molecular complexity index is 413. The Morgan fingerprint density at radius 3 is 2.39 bits per heavy atom. The predicted molar refractivity (Wildman–Crippen MR) is 71.1 cm³/mol. The van der Waals surface area contributed by atoms with Crippen LogP contribution in [0.25, 0.3) is 0 Å². The quantitative estimate of drug-likeness (QED) is 0.887. The lowest BCUT2D eigenvalue weighted by Gasteiger charge is -2.57. The molecule has 3 nitrogen and oxygen atoms in total. The van der Waals surface area contributed by atoms with Crippen molar-refractivity contribution in [2.45, 2.75) is 50.6 Å².